The van der Waals surface area contributed by atoms with E-state index in [4.69, 9.17) is 0 Å². The Bertz CT molecular complexity index is 579. The number of carbonyl (C=O) groups excluding carboxylic acids is 1. The number of fused-ring (bicyclic) bond motifs is 1. The lowest BCUT2D eigenvalue weighted by atomic mass is 10.1. The van der Waals surface area contributed by atoms with Crippen LogP contribution in [0.2, 0.25) is 0 Å². The molecule has 0 aliphatic carbocycles. The molecule has 1 heterocycles. The summed E-state index contributed by atoms with van der Waals surface area (Å²) in [6, 6.07) is 14.1. The first-order valence-corrected chi connectivity index (χ1v) is 6.36. The summed E-state index contributed by atoms with van der Waals surface area (Å²) in [7, 11) is 0. The highest BCUT2D eigenvalue weighted by atomic mass is 79.9. The summed E-state index contributed by atoms with van der Waals surface area (Å²) in [5, 5.41) is 8.51. The van der Waals surface area contributed by atoms with Crippen molar-refractivity contribution >= 4 is 39.3 Å². The molecule has 1 fully saturated rings. The Balaban J connectivity index is 0.00000133. The van der Waals surface area contributed by atoms with Crippen molar-refractivity contribution in [3.63, 3.8) is 0 Å². The standard InChI is InChI=1S/C15H16N2O.BrH/c18-15(14-6-3-9-16-14)17-13-8-7-11-4-1-2-5-12(11)10-13;/h1-2,4-5,7-8,10,14,16H,3,6,9H2,(H,17,18);1H/t14-;/m0./s1. The van der Waals surface area contributed by atoms with Crippen LogP contribution < -0.4 is 10.6 Å². The van der Waals surface area contributed by atoms with Crippen LogP contribution in [0.1, 0.15) is 12.8 Å². The fourth-order valence-corrected chi connectivity index (χ4v) is 2.40. The van der Waals surface area contributed by atoms with Gasteiger partial charge in [0.2, 0.25) is 5.91 Å². The van der Waals surface area contributed by atoms with Gasteiger partial charge in [-0.2, -0.15) is 0 Å². The van der Waals surface area contributed by atoms with Gasteiger partial charge in [-0.05, 0) is 42.3 Å². The van der Waals surface area contributed by atoms with Crippen LogP contribution in [0.15, 0.2) is 42.5 Å². The normalized spacial score (nSPS) is 18.0. The summed E-state index contributed by atoms with van der Waals surface area (Å²) in [6.45, 7) is 0.940. The monoisotopic (exact) mass is 320 g/mol. The molecule has 0 bridgehead atoms. The Morgan fingerprint density at radius 3 is 2.68 bits per heavy atom. The maximum Gasteiger partial charge on any atom is 0.241 e. The fourth-order valence-electron chi connectivity index (χ4n) is 2.40. The molecule has 19 heavy (non-hydrogen) atoms. The van der Waals surface area contributed by atoms with Crippen molar-refractivity contribution in [1.82, 2.24) is 5.32 Å². The smallest absolute Gasteiger partial charge is 0.241 e. The van der Waals surface area contributed by atoms with Crippen LogP contribution in [0.5, 0.6) is 0 Å². The first kappa shape index (κ1) is 14.0. The van der Waals surface area contributed by atoms with Crippen molar-refractivity contribution < 1.29 is 4.79 Å². The summed E-state index contributed by atoms with van der Waals surface area (Å²) >= 11 is 0. The zero-order valence-corrected chi connectivity index (χ0v) is 12.3. The number of halogens is 1. The largest absolute Gasteiger partial charge is 0.325 e. The molecule has 1 aliphatic heterocycles. The second-order valence-electron chi connectivity index (χ2n) is 4.70. The fraction of sp³-hybridized carbons (Fsp3) is 0.267. The Morgan fingerprint density at radius 2 is 1.95 bits per heavy atom. The molecule has 4 heteroatoms. The topological polar surface area (TPSA) is 41.1 Å². The number of anilines is 1. The first-order chi connectivity index (χ1) is 8.83. The van der Waals surface area contributed by atoms with Crippen molar-refractivity contribution in [2.75, 3.05) is 11.9 Å². The van der Waals surface area contributed by atoms with Crippen LogP contribution in [0.4, 0.5) is 5.69 Å². The molecule has 1 aliphatic rings. The van der Waals surface area contributed by atoms with Crippen molar-refractivity contribution in [1.29, 1.82) is 0 Å². The minimum Gasteiger partial charge on any atom is -0.325 e. The van der Waals surface area contributed by atoms with Crippen molar-refractivity contribution in [3.05, 3.63) is 42.5 Å². The average molecular weight is 321 g/mol. The molecule has 0 saturated carbocycles. The lowest BCUT2D eigenvalue weighted by Crippen LogP contribution is -2.35. The summed E-state index contributed by atoms with van der Waals surface area (Å²) in [4.78, 5) is 12.0. The summed E-state index contributed by atoms with van der Waals surface area (Å²) < 4.78 is 0. The summed E-state index contributed by atoms with van der Waals surface area (Å²) in [5.41, 5.74) is 0.868. The van der Waals surface area contributed by atoms with Crippen LogP contribution in [0.25, 0.3) is 10.8 Å². The summed E-state index contributed by atoms with van der Waals surface area (Å²) in [5.74, 6) is 0.0720. The molecule has 3 rings (SSSR count). The van der Waals surface area contributed by atoms with Crippen molar-refractivity contribution in [2.24, 2.45) is 0 Å². The van der Waals surface area contributed by atoms with E-state index in [0.717, 1.165) is 30.5 Å². The number of amides is 1. The van der Waals surface area contributed by atoms with Gasteiger partial charge in [0.1, 0.15) is 0 Å². The molecule has 2 N–H and O–H groups in total. The molecular weight excluding hydrogens is 304 g/mol. The third-order valence-electron chi connectivity index (χ3n) is 3.39. The molecule has 0 spiro atoms. The van der Waals surface area contributed by atoms with Crippen LogP contribution in [-0.4, -0.2) is 18.5 Å². The van der Waals surface area contributed by atoms with E-state index in [0.29, 0.717) is 0 Å². The number of nitrogens with one attached hydrogen (secondary N) is 2. The van der Waals surface area contributed by atoms with E-state index < -0.39 is 0 Å². The van der Waals surface area contributed by atoms with Gasteiger partial charge in [0.05, 0.1) is 6.04 Å². The highest BCUT2D eigenvalue weighted by molar-refractivity contribution is 8.93. The van der Waals surface area contributed by atoms with E-state index in [1.807, 2.05) is 30.3 Å². The molecule has 1 saturated heterocycles. The second kappa shape index (κ2) is 6.17. The van der Waals surface area contributed by atoms with Gasteiger partial charge >= 0.3 is 0 Å². The SMILES string of the molecule is Br.O=C(Nc1ccc2ccccc2c1)[C@@H]1CCCN1. The Morgan fingerprint density at radius 1 is 1.16 bits per heavy atom. The molecule has 2 aromatic carbocycles. The van der Waals surface area contributed by atoms with Gasteiger partial charge in [-0.3, -0.25) is 4.79 Å². The van der Waals surface area contributed by atoms with Crippen LogP contribution in [0, 0.1) is 0 Å². The van der Waals surface area contributed by atoms with E-state index in [1.165, 1.54) is 5.39 Å². The lowest BCUT2D eigenvalue weighted by Gasteiger charge is -2.11. The van der Waals surface area contributed by atoms with Crippen LogP contribution in [0.3, 0.4) is 0 Å². The van der Waals surface area contributed by atoms with E-state index >= 15 is 0 Å². The number of hydrogen-bond acceptors (Lipinski definition) is 2. The predicted octanol–water partition coefficient (Wildman–Crippen LogP) is 3.11. The van der Waals surface area contributed by atoms with Gasteiger partial charge in [-0.1, -0.05) is 30.3 Å². The quantitative estimate of drug-likeness (QED) is 0.892. The molecule has 1 atom stereocenters. The predicted molar refractivity (Wildman–Crippen MR) is 83.9 cm³/mol. The zero-order valence-electron chi connectivity index (χ0n) is 10.6. The lowest BCUT2D eigenvalue weighted by molar-refractivity contribution is -0.117. The summed E-state index contributed by atoms with van der Waals surface area (Å²) in [6.07, 6.45) is 2.01. The van der Waals surface area contributed by atoms with Crippen molar-refractivity contribution in [3.8, 4) is 0 Å². The van der Waals surface area contributed by atoms with Gasteiger partial charge in [0, 0.05) is 5.69 Å². The van der Waals surface area contributed by atoms with Gasteiger partial charge in [0.15, 0.2) is 0 Å². The number of benzene rings is 2. The average Bonchev–Trinajstić information content (AvgIpc) is 2.92. The van der Waals surface area contributed by atoms with Gasteiger partial charge in [-0.25, -0.2) is 0 Å². The number of carbonyl (C=O) groups is 1. The highest BCUT2D eigenvalue weighted by Gasteiger charge is 2.21. The number of rotatable bonds is 2. The Kier molecular flexibility index (Phi) is 4.56. The Labute approximate surface area is 123 Å². The van der Waals surface area contributed by atoms with Crippen LogP contribution >= 0.6 is 17.0 Å². The van der Waals surface area contributed by atoms with Crippen LogP contribution in [-0.2, 0) is 4.79 Å². The molecular formula is C15H17BrN2O. The minimum atomic E-state index is -0.0310. The van der Waals surface area contributed by atoms with Gasteiger partial charge < -0.3 is 10.6 Å². The molecule has 0 unspecified atom stereocenters. The molecule has 3 nitrogen and oxygen atoms in total. The molecule has 100 valence electrons. The van der Waals surface area contributed by atoms with Crippen molar-refractivity contribution in [2.45, 2.75) is 18.9 Å². The molecule has 1 amide bonds. The minimum absolute atomic E-state index is 0. The molecule has 0 aromatic heterocycles. The van der Waals surface area contributed by atoms with Gasteiger partial charge in [0.25, 0.3) is 0 Å². The zero-order chi connectivity index (χ0) is 12.4. The number of hydrogen-bond donors (Lipinski definition) is 2. The molecule has 2 aromatic rings. The maximum absolute atomic E-state index is 12.0. The molecule has 0 radical (unpaired) electrons. The maximum atomic E-state index is 12.0. The van der Waals surface area contributed by atoms with E-state index in [9.17, 15) is 4.79 Å². The van der Waals surface area contributed by atoms with E-state index in [2.05, 4.69) is 22.8 Å². The van der Waals surface area contributed by atoms with E-state index in [1.54, 1.807) is 0 Å². The van der Waals surface area contributed by atoms with E-state index in [-0.39, 0.29) is 28.9 Å². The third-order valence-corrected chi connectivity index (χ3v) is 3.39. The van der Waals surface area contributed by atoms with Gasteiger partial charge in [-0.15, -0.1) is 17.0 Å². The second-order valence-corrected chi connectivity index (χ2v) is 4.70. The highest BCUT2D eigenvalue weighted by Crippen LogP contribution is 2.19. The first-order valence-electron chi connectivity index (χ1n) is 6.36. The third kappa shape index (κ3) is 3.14. The Hall–Kier alpha value is -1.39.